The maximum absolute atomic E-state index is 13.5. The Hall–Kier alpha value is -4.07. The molecule has 3 aromatic rings. The van der Waals surface area contributed by atoms with E-state index < -0.39 is 35.5 Å². The minimum absolute atomic E-state index is 0.00776. The van der Waals surface area contributed by atoms with Gasteiger partial charge < -0.3 is 15.5 Å². The summed E-state index contributed by atoms with van der Waals surface area (Å²) in [5.41, 5.74) is 2.26. The Bertz CT molecular complexity index is 1270. The second kappa shape index (κ2) is 12.0. The molecule has 1 heterocycles. The molecule has 1 saturated heterocycles. The number of nitrogens with zero attached hydrogens (tertiary/aromatic N) is 1. The smallest absolute Gasteiger partial charge is 0.245 e. The summed E-state index contributed by atoms with van der Waals surface area (Å²) in [4.78, 5) is 40.7. The molecule has 198 valence electrons. The third-order valence-electron chi connectivity index (χ3n) is 6.97. The van der Waals surface area contributed by atoms with E-state index in [9.17, 15) is 23.2 Å². The summed E-state index contributed by atoms with van der Waals surface area (Å²) < 4.78 is 26.9. The van der Waals surface area contributed by atoms with Crippen LogP contribution in [0, 0.1) is 11.6 Å². The highest BCUT2D eigenvalue weighted by Crippen LogP contribution is 2.38. The van der Waals surface area contributed by atoms with Crippen molar-refractivity contribution in [3.05, 3.63) is 107 Å². The quantitative estimate of drug-likeness (QED) is 0.489. The summed E-state index contributed by atoms with van der Waals surface area (Å²) in [6.45, 7) is 1.51. The van der Waals surface area contributed by atoms with E-state index in [4.69, 9.17) is 0 Å². The summed E-state index contributed by atoms with van der Waals surface area (Å²) in [5.74, 6) is -2.84. The van der Waals surface area contributed by atoms with Crippen molar-refractivity contribution in [1.29, 1.82) is 0 Å². The second-order valence-electron chi connectivity index (χ2n) is 9.76. The first-order valence-corrected chi connectivity index (χ1v) is 12.6. The van der Waals surface area contributed by atoms with Gasteiger partial charge in [-0.2, -0.15) is 0 Å². The van der Waals surface area contributed by atoms with E-state index in [-0.39, 0.29) is 29.9 Å². The summed E-state index contributed by atoms with van der Waals surface area (Å²) in [6.07, 6.45) is 0.816. The first-order chi connectivity index (χ1) is 18.2. The van der Waals surface area contributed by atoms with Crippen molar-refractivity contribution in [3.63, 3.8) is 0 Å². The average molecular weight is 520 g/mol. The van der Waals surface area contributed by atoms with Crippen molar-refractivity contribution in [2.24, 2.45) is 0 Å². The molecule has 1 fully saturated rings. The van der Waals surface area contributed by atoms with Crippen LogP contribution < -0.4 is 10.6 Å². The zero-order chi connectivity index (χ0) is 27.2. The number of hydrogen-bond donors (Lipinski definition) is 2. The summed E-state index contributed by atoms with van der Waals surface area (Å²) in [6, 6.07) is 20.7. The van der Waals surface area contributed by atoms with Crippen molar-refractivity contribution in [3.8, 4) is 0 Å². The van der Waals surface area contributed by atoms with Crippen LogP contribution in [0.4, 0.5) is 8.78 Å². The van der Waals surface area contributed by atoms with Crippen LogP contribution in [-0.2, 0) is 20.8 Å². The number of halogens is 2. The van der Waals surface area contributed by atoms with Crippen LogP contribution in [0.3, 0.4) is 0 Å². The predicted octanol–water partition coefficient (Wildman–Crippen LogP) is 4.27. The van der Waals surface area contributed by atoms with Gasteiger partial charge in [0, 0.05) is 13.1 Å². The zero-order valence-corrected chi connectivity index (χ0v) is 21.4. The Balaban J connectivity index is 1.48. The van der Waals surface area contributed by atoms with E-state index in [2.05, 4.69) is 10.6 Å². The SMILES string of the molecule is C[C@H](NC(=O)Cc1cc(F)cc(F)c1)C(=O)N[C@H]1C[C@@H](c2ccccc2)C[C@@H](c2ccccc2)N(C)C1=O. The number of rotatable bonds is 7. The lowest BCUT2D eigenvalue weighted by molar-refractivity contribution is -0.137. The van der Waals surface area contributed by atoms with Gasteiger partial charge in [0.2, 0.25) is 17.7 Å². The number of amides is 3. The molecule has 1 aliphatic rings. The number of likely N-dealkylation sites (N-methyl/N-ethyl adjacent to an activating group) is 1. The molecule has 0 spiro atoms. The van der Waals surface area contributed by atoms with Crippen molar-refractivity contribution >= 4 is 17.7 Å². The van der Waals surface area contributed by atoms with Gasteiger partial charge in [0.15, 0.2) is 0 Å². The molecular formula is C30H31F2N3O3. The fraction of sp³-hybridized carbons (Fsp3) is 0.300. The zero-order valence-electron chi connectivity index (χ0n) is 21.4. The van der Waals surface area contributed by atoms with Gasteiger partial charge in [0.1, 0.15) is 23.7 Å². The van der Waals surface area contributed by atoms with Crippen molar-refractivity contribution in [1.82, 2.24) is 15.5 Å². The molecule has 0 aliphatic carbocycles. The molecule has 2 N–H and O–H groups in total. The number of benzene rings is 3. The van der Waals surface area contributed by atoms with E-state index in [0.29, 0.717) is 12.8 Å². The van der Waals surface area contributed by atoms with Gasteiger partial charge in [-0.3, -0.25) is 14.4 Å². The van der Waals surface area contributed by atoms with Gasteiger partial charge in [-0.05, 0) is 54.5 Å². The molecule has 38 heavy (non-hydrogen) atoms. The van der Waals surface area contributed by atoms with Crippen LogP contribution in [0.15, 0.2) is 78.9 Å². The number of carbonyl (C=O) groups excluding carboxylic acids is 3. The molecule has 0 radical (unpaired) electrons. The van der Waals surface area contributed by atoms with Crippen molar-refractivity contribution in [2.45, 2.75) is 50.2 Å². The molecule has 4 atom stereocenters. The van der Waals surface area contributed by atoms with E-state index >= 15 is 0 Å². The molecule has 8 heteroatoms. The van der Waals surface area contributed by atoms with E-state index in [1.807, 2.05) is 60.7 Å². The highest BCUT2D eigenvalue weighted by molar-refractivity contribution is 5.92. The van der Waals surface area contributed by atoms with Crippen LogP contribution in [0.25, 0.3) is 0 Å². The fourth-order valence-electron chi connectivity index (χ4n) is 5.01. The molecular weight excluding hydrogens is 488 g/mol. The maximum Gasteiger partial charge on any atom is 0.245 e. The highest BCUT2D eigenvalue weighted by Gasteiger charge is 2.37. The van der Waals surface area contributed by atoms with Gasteiger partial charge in [0.05, 0.1) is 12.5 Å². The lowest BCUT2D eigenvalue weighted by atomic mass is 9.86. The van der Waals surface area contributed by atoms with Crippen molar-refractivity contribution in [2.75, 3.05) is 7.05 Å². The van der Waals surface area contributed by atoms with E-state index in [1.54, 1.807) is 11.9 Å². The largest absolute Gasteiger partial charge is 0.344 e. The lowest BCUT2D eigenvalue weighted by Crippen LogP contribution is -2.53. The first-order valence-electron chi connectivity index (χ1n) is 12.6. The van der Waals surface area contributed by atoms with Gasteiger partial charge >= 0.3 is 0 Å². The minimum Gasteiger partial charge on any atom is -0.344 e. The summed E-state index contributed by atoms with van der Waals surface area (Å²) in [7, 11) is 1.75. The Morgan fingerprint density at radius 3 is 2.11 bits per heavy atom. The molecule has 6 nitrogen and oxygen atoms in total. The Labute approximate surface area is 221 Å². The first kappa shape index (κ1) is 27.0. The van der Waals surface area contributed by atoms with Crippen LogP contribution in [0.1, 0.15) is 48.4 Å². The summed E-state index contributed by atoms with van der Waals surface area (Å²) in [5, 5.41) is 5.39. The normalized spacial score (nSPS) is 20.4. The highest BCUT2D eigenvalue weighted by atomic mass is 19.1. The predicted molar refractivity (Wildman–Crippen MR) is 140 cm³/mol. The molecule has 3 amide bonds. The number of hydrogen-bond acceptors (Lipinski definition) is 3. The second-order valence-corrected chi connectivity index (χ2v) is 9.76. The lowest BCUT2D eigenvalue weighted by Gasteiger charge is -2.29. The van der Waals surface area contributed by atoms with Crippen molar-refractivity contribution < 1.29 is 23.2 Å². The molecule has 1 aliphatic heterocycles. The molecule has 0 unspecified atom stereocenters. The summed E-state index contributed by atoms with van der Waals surface area (Å²) >= 11 is 0. The molecule has 0 saturated carbocycles. The van der Waals surface area contributed by atoms with Gasteiger partial charge in [-0.1, -0.05) is 60.7 Å². The maximum atomic E-state index is 13.5. The molecule has 4 rings (SSSR count). The fourth-order valence-corrected chi connectivity index (χ4v) is 5.01. The molecule has 3 aromatic carbocycles. The van der Waals surface area contributed by atoms with Crippen LogP contribution in [-0.4, -0.2) is 41.8 Å². The van der Waals surface area contributed by atoms with Crippen LogP contribution in [0.2, 0.25) is 0 Å². The Morgan fingerprint density at radius 2 is 1.50 bits per heavy atom. The third kappa shape index (κ3) is 6.62. The van der Waals surface area contributed by atoms with E-state index in [1.165, 1.54) is 6.92 Å². The topological polar surface area (TPSA) is 78.5 Å². The van der Waals surface area contributed by atoms with Gasteiger partial charge in [-0.15, -0.1) is 0 Å². The standard InChI is InChI=1S/C30H31F2N3O3/c1-19(33-28(36)15-20-13-24(31)18-25(32)14-20)29(37)34-26-16-23(21-9-5-3-6-10-21)17-27(35(2)30(26)38)22-11-7-4-8-12-22/h3-14,18-19,23,26-27H,15-17H2,1-2H3,(H,33,36)(H,34,37)/t19-,23+,26-,27-/m0/s1. The van der Waals surface area contributed by atoms with Gasteiger partial charge in [-0.25, -0.2) is 8.78 Å². The minimum atomic E-state index is -0.956. The number of carbonyl (C=O) groups is 3. The number of likely N-dealkylation sites (tertiary alicyclic amines) is 1. The molecule has 0 aromatic heterocycles. The Kier molecular flexibility index (Phi) is 8.51. The van der Waals surface area contributed by atoms with E-state index in [0.717, 1.165) is 29.3 Å². The van der Waals surface area contributed by atoms with Gasteiger partial charge in [0.25, 0.3) is 0 Å². The third-order valence-corrected chi connectivity index (χ3v) is 6.97. The average Bonchev–Trinajstić information content (AvgIpc) is 3.01. The molecule has 0 bridgehead atoms. The van der Waals surface area contributed by atoms with Crippen LogP contribution in [0.5, 0.6) is 0 Å². The van der Waals surface area contributed by atoms with Crippen LogP contribution >= 0.6 is 0 Å². The number of nitrogens with one attached hydrogen (secondary N) is 2. The monoisotopic (exact) mass is 519 g/mol. The Morgan fingerprint density at radius 1 is 0.921 bits per heavy atom.